The maximum Gasteiger partial charge on any atom is 0.0573 e. The monoisotopic (exact) mass is 204 g/mol. The van der Waals surface area contributed by atoms with Gasteiger partial charge in [0.25, 0.3) is 0 Å². The second-order valence-electron chi connectivity index (χ2n) is 3.62. The normalized spacial score (nSPS) is 12.8. The molecular weight excluding hydrogens is 184 g/mol. The molecule has 1 aromatic heterocycles. The highest BCUT2D eigenvalue weighted by atomic mass is 15.1. The van der Waals surface area contributed by atoms with Crippen molar-refractivity contribution in [3.8, 4) is 0 Å². The van der Waals surface area contributed by atoms with E-state index < -0.39 is 0 Å². The lowest BCUT2D eigenvalue weighted by molar-refractivity contribution is 0.230. The van der Waals surface area contributed by atoms with Gasteiger partial charge in [-0.05, 0) is 31.6 Å². The van der Waals surface area contributed by atoms with Crippen molar-refractivity contribution in [1.29, 1.82) is 0 Å². The molecule has 0 N–H and O–H groups in total. The first-order valence-corrected chi connectivity index (χ1v) is 5.55. The Hall–Kier alpha value is -1.15. The molecule has 1 rings (SSSR count). The molecule has 15 heavy (non-hydrogen) atoms. The SMILES string of the molecule is C=Cc1ccc(C(C)N(CC)CC)nc1. The molecule has 2 heteroatoms. The standard InChI is InChI=1S/C13H20N2/c1-5-12-8-9-13(14-10-12)11(4)15(6-2)7-3/h5,8-11H,1,6-7H2,2-4H3. The van der Waals surface area contributed by atoms with E-state index >= 15 is 0 Å². The molecule has 0 spiro atoms. The zero-order valence-electron chi connectivity index (χ0n) is 9.90. The van der Waals surface area contributed by atoms with Gasteiger partial charge >= 0.3 is 0 Å². The van der Waals surface area contributed by atoms with Crippen molar-refractivity contribution >= 4 is 6.08 Å². The van der Waals surface area contributed by atoms with Crippen LogP contribution >= 0.6 is 0 Å². The lowest BCUT2D eigenvalue weighted by atomic mass is 10.1. The van der Waals surface area contributed by atoms with Gasteiger partial charge in [-0.2, -0.15) is 0 Å². The Labute approximate surface area is 92.6 Å². The van der Waals surface area contributed by atoms with Crippen LogP contribution in [0.4, 0.5) is 0 Å². The van der Waals surface area contributed by atoms with Crippen molar-refractivity contribution < 1.29 is 0 Å². The third-order valence-electron chi connectivity index (χ3n) is 2.83. The maximum absolute atomic E-state index is 4.45. The molecule has 0 radical (unpaired) electrons. The fourth-order valence-corrected chi connectivity index (χ4v) is 1.74. The Balaban J connectivity index is 2.81. The van der Waals surface area contributed by atoms with Crippen LogP contribution in [0.15, 0.2) is 24.9 Å². The highest BCUT2D eigenvalue weighted by molar-refractivity contribution is 5.45. The van der Waals surface area contributed by atoms with E-state index in [1.54, 1.807) is 0 Å². The van der Waals surface area contributed by atoms with Crippen LogP contribution < -0.4 is 0 Å². The van der Waals surface area contributed by atoms with Gasteiger partial charge in [0.15, 0.2) is 0 Å². The molecule has 0 amide bonds. The first-order chi connectivity index (χ1) is 7.22. The summed E-state index contributed by atoms with van der Waals surface area (Å²) in [5, 5.41) is 0. The number of rotatable bonds is 5. The Kier molecular flexibility index (Phi) is 4.50. The number of pyridine rings is 1. The Morgan fingerprint density at radius 2 is 2.07 bits per heavy atom. The van der Waals surface area contributed by atoms with E-state index in [2.05, 4.69) is 49.4 Å². The van der Waals surface area contributed by atoms with Crippen molar-refractivity contribution in [1.82, 2.24) is 9.88 Å². The number of hydrogen-bond donors (Lipinski definition) is 0. The number of nitrogens with zero attached hydrogens (tertiary/aromatic N) is 2. The smallest absolute Gasteiger partial charge is 0.0573 e. The molecular formula is C13H20N2. The first kappa shape index (κ1) is 11.9. The summed E-state index contributed by atoms with van der Waals surface area (Å²) >= 11 is 0. The molecule has 0 aliphatic carbocycles. The van der Waals surface area contributed by atoms with Crippen LogP contribution in [0.2, 0.25) is 0 Å². The van der Waals surface area contributed by atoms with Crippen molar-refractivity contribution in [2.75, 3.05) is 13.1 Å². The molecule has 1 unspecified atom stereocenters. The van der Waals surface area contributed by atoms with Gasteiger partial charge in [-0.1, -0.05) is 32.6 Å². The topological polar surface area (TPSA) is 16.1 Å². The van der Waals surface area contributed by atoms with E-state index in [0.29, 0.717) is 6.04 Å². The van der Waals surface area contributed by atoms with E-state index in [4.69, 9.17) is 0 Å². The van der Waals surface area contributed by atoms with Crippen LogP contribution in [0.5, 0.6) is 0 Å². The third-order valence-corrected chi connectivity index (χ3v) is 2.83. The fourth-order valence-electron chi connectivity index (χ4n) is 1.74. The van der Waals surface area contributed by atoms with Crippen molar-refractivity contribution in [3.05, 3.63) is 36.2 Å². The molecule has 0 aromatic carbocycles. The summed E-state index contributed by atoms with van der Waals surface area (Å²) in [6.07, 6.45) is 3.70. The van der Waals surface area contributed by atoms with Gasteiger partial charge < -0.3 is 0 Å². The highest BCUT2D eigenvalue weighted by Crippen LogP contribution is 2.17. The van der Waals surface area contributed by atoms with E-state index in [1.807, 2.05) is 12.3 Å². The van der Waals surface area contributed by atoms with E-state index in [0.717, 1.165) is 24.3 Å². The van der Waals surface area contributed by atoms with E-state index in [-0.39, 0.29) is 0 Å². The lowest BCUT2D eigenvalue weighted by Crippen LogP contribution is -2.26. The molecule has 0 saturated carbocycles. The van der Waals surface area contributed by atoms with Crippen LogP contribution in [-0.2, 0) is 0 Å². The van der Waals surface area contributed by atoms with Crippen molar-refractivity contribution in [2.45, 2.75) is 26.8 Å². The summed E-state index contributed by atoms with van der Waals surface area (Å²) in [7, 11) is 0. The summed E-state index contributed by atoms with van der Waals surface area (Å²) in [5.41, 5.74) is 2.20. The summed E-state index contributed by atoms with van der Waals surface area (Å²) in [6.45, 7) is 12.4. The largest absolute Gasteiger partial charge is 0.296 e. The van der Waals surface area contributed by atoms with Crippen LogP contribution in [0.1, 0.15) is 38.1 Å². The molecule has 0 saturated heterocycles. The summed E-state index contributed by atoms with van der Waals surface area (Å²) in [6, 6.07) is 4.54. The second-order valence-corrected chi connectivity index (χ2v) is 3.62. The lowest BCUT2D eigenvalue weighted by Gasteiger charge is -2.25. The molecule has 0 aliphatic heterocycles. The molecule has 0 bridgehead atoms. The molecule has 1 heterocycles. The molecule has 2 nitrogen and oxygen atoms in total. The minimum atomic E-state index is 0.388. The predicted octanol–water partition coefficient (Wildman–Crippen LogP) is 3.13. The summed E-state index contributed by atoms with van der Waals surface area (Å²) in [5.74, 6) is 0. The van der Waals surface area contributed by atoms with Gasteiger partial charge in [0.05, 0.1) is 5.69 Å². The average molecular weight is 204 g/mol. The second kappa shape index (κ2) is 5.66. The summed E-state index contributed by atoms with van der Waals surface area (Å²) in [4.78, 5) is 6.84. The predicted molar refractivity (Wildman–Crippen MR) is 65.7 cm³/mol. The zero-order chi connectivity index (χ0) is 11.3. The molecule has 1 atom stereocenters. The Morgan fingerprint density at radius 1 is 1.40 bits per heavy atom. The average Bonchev–Trinajstić information content (AvgIpc) is 2.30. The molecule has 1 aromatic rings. The molecule has 82 valence electrons. The van der Waals surface area contributed by atoms with Crippen molar-refractivity contribution in [3.63, 3.8) is 0 Å². The minimum absolute atomic E-state index is 0.388. The maximum atomic E-state index is 4.45. The molecule has 0 aliphatic rings. The van der Waals surface area contributed by atoms with Gasteiger partial charge in [-0.15, -0.1) is 0 Å². The first-order valence-electron chi connectivity index (χ1n) is 5.55. The Bertz CT molecular complexity index is 299. The zero-order valence-corrected chi connectivity index (χ0v) is 9.90. The summed E-state index contributed by atoms with van der Waals surface area (Å²) < 4.78 is 0. The highest BCUT2D eigenvalue weighted by Gasteiger charge is 2.12. The Morgan fingerprint density at radius 3 is 2.47 bits per heavy atom. The number of aromatic nitrogens is 1. The molecule has 0 fully saturated rings. The van der Waals surface area contributed by atoms with Gasteiger partial charge in [0, 0.05) is 12.2 Å². The van der Waals surface area contributed by atoms with Crippen LogP contribution in [0, 0.1) is 0 Å². The fraction of sp³-hybridized carbons (Fsp3) is 0.462. The third kappa shape index (κ3) is 2.90. The van der Waals surface area contributed by atoms with Crippen molar-refractivity contribution in [2.24, 2.45) is 0 Å². The number of hydrogen-bond acceptors (Lipinski definition) is 2. The minimum Gasteiger partial charge on any atom is -0.296 e. The van der Waals surface area contributed by atoms with E-state index in [1.165, 1.54) is 0 Å². The van der Waals surface area contributed by atoms with Crippen LogP contribution in [0.25, 0.3) is 6.08 Å². The van der Waals surface area contributed by atoms with Gasteiger partial charge in [-0.3, -0.25) is 9.88 Å². The van der Waals surface area contributed by atoms with Gasteiger partial charge in [0.1, 0.15) is 0 Å². The van der Waals surface area contributed by atoms with Crippen LogP contribution in [0.3, 0.4) is 0 Å². The van der Waals surface area contributed by atoms with Gasteiger partial charge in [0.2, 0.25) is 0 Å². The van der Waals surface area contributed by atoms with Crippen LogP contribution in [-0.4, -0.2) is 23.0 Å². The van der Waals surface area contributed by atoms with E-state index in [9.17, 15) is 0 Å². The quantitative estimate of drug-likeness (QED) is 0.732. The van der Waals surface area contributed by atoms with Gasteiger partial charge in [-0.25, -0.2) is 0 Å².